The lowest BCUT2D eigenvalue weighted by atomic mass is 9.89. The molecular weight excluding hydrogens is 615 g/mol. The Morgan fingerprint density at radius 2 is 0.882 bits per heavy atom. The van der Waals surface area contributed by atoms with Gasteiger partial charge in [0.1, 0.15) is 0 Å². The first kappa shape index (κ1) is 30.6. The molecule has 0 saturated carbocycles. The molecule has 0 fully saturated rings. The zero-order chi connectivity index (χ0) is 34.0. The third-order valence-corrected chi connectivity index (χ3v) is 10.1. The number of hydrogen-bond donors (Lipinski definition) is 0. The first-order valence-electron chi connectivity index (χ1n) is 17.8. The van der Waals surface area contributed by atoms with E-state index in [1.54, 1.807) is 0 Å². The van der Waals surface area contributed by atoms with Crippen LogP contribution < -0.4 is 4.90 Å². The van der Waals surface area contributed by atoms with Gasteiger partial charge in [-0.05, 0) is 74.3 Å². The Hall–Kier alpha value is -6.44. The van der Waals surface area contributed by atoms with Gasteiger partial charge in [0.2, 0.25) is 0 Å². The molecule has 1 heteroatoms. The number of hydrogen-bond acceptors (Lipinski definition) is 1. The first-order chi connectivity index (χ1) is 25.3. The summed E-state index contributed by atoms with van der Waals surface area (Å²) in [4.78, 5) is 2.57. The summed E-state index contributed by atoms with van der Waals surface area (Å²) in [7, 11) is 0. The molecule has 0 N–H and O–H groups in total. The van der Waals surface area contributed by atoms with Crippen LogP contribution in [0.5, 0.6) is 0 Å². The standard InChI is InChI=1S/C50H37N/c1-3-18-37(19-4-1)41-27-9-12-33-47(41)51(48-34-13-10-28-44(48)43-31-15-23-36-22-7-8-26-40(36)43)49-35-14-11-29-45(49)46-32-17-25-39-24-16-30-42(50(39)46)38-20-5-2-6-21-38/h1-11,13-32,34-35H,12,33H2. The smallest absolute Gasteiger partial charge is 0.0537 e. The Balaban J connectivity index is 1.36. The van der Waals surface area contributed by atoms with Crippen molar-refractivity contribution in [3.05, 3.63) is 211 Å². The molecule has 0 saturated heterocycles. The highest BCUT2D eigenvalue weighted by molar-refractivity contribution is 6.09. The van der Waals surface area contributed by atoms with Crippen LogP contribution in [0.25, 0.3) is 60.5 Å². The lowest BCUT2D eigenvalue weighted by molar-refractivity contribution is 0.924. The molecule has 9 rings (SSSR count). The minimum atomic E-state index is 0.920. The van der Waals surface area contributed by atoms with Gasteiger partial charge in [-0.1, -0.05) is 188 Å². The molecule has 8 aromatic rings. The molecule has 0 unspecified atom stereocenters. The van der Waals surface area contributed by atoms with Gasteiger partial charge in [-0.25, -0.2) is 0 Å². The number of fused-ring (bicyclic) bond motifs is 2. The van der Waals surface area contributed by atoms with Crippen molar-refractivity contribution in [1.82, 2.24) is 0 Å². The Bertz CT molecular complexity index is 2570. The van der Waals surface area contributed by atoms with Gasteiger partial charge < -0.3 is 4.90 Å². The Labute approximate surface area is 300 Å². The number of allylic oxidation sites excluding steroid dienone is 4. The van der Waals surface area contributed by atoms with Gasteiger partial charge in [-0.15, -0.1) is 0 Å². The molecule has 0 spiro atoms. The SMILES string of the molecule is C1=CC(c2ccccc2)=C(N(c2ccccc2-c2cccc3ccccc23)c2ccccc2-c2cccc3cccc(-c4ccccc4)c23)CC1. The van der Waals surface area contributed by atoms with Crippen molar-refractivity contribution in [3.8, 4) is 33.4 Å². The maximum Gasteiger partial charge on any atom is 0.0537 e. The summed E-state index contributed by atoms with van der Waals surface area (Å²) in [6.45, 7) is 0. The summed E-state index contributed by atoms with van der Waals surface area (Å²) in [5.41, 5.74) is 13.4. The molecule has 0 radical (unpaired) electrons. The summed E-state index contributed by atoms with van der Waals surface area (Å²) in [5.74, 6) is 0. The van der Waals surface area contributed by atoms with E-state index < -0.39 is 0 Å². The third-order valence-electron chi connectivity index (χ3n) is 10.1. The molecule has 0 aromatic heterocycles. The monoisotopic (exact) mass is 651 g/mol. The van der Waals surface area contributed by atoms with Gasteiger partial charge in [-0.2, -0.15) is 0 Å². The van der Waals surface area contributed by atoms with Crippen molar-refractivity contribution in [1.29, 1.82) is 0 Å². The molecule has 1 aliphatic carbocycles. The Morgan fingerprint density at radius 3 is 1.61 bits per heavy atom. The summed E-state index contributed by atoms with van der Waals surface area (Å²) in [5, 5.41) is 4.99. The lowest BCUT2D eigenvalue weighted by Crippen LogP contribution is -2.21. The van der Waals surface area contributed by atoms with Crippen LogP contribution in [0, 0.1) is 0 Å². The summed E-state index contributed by atoms with van der Waals surface area (Å²) in [6, 6.07) is 68.4. The van der Waals surface area contributed by atoms with Crippen molar-refractivity contribution < 1.29 is 0 Å². The van der Waals surface area contributed by atoms with Crippen LogP contribution >= 0.6 is 0 Å². The summed E-state index contributed by atoms with van der Waals surface area (Å²) in [6.07, 6.45) is 6.55. The van der Waals surface area contributed by atoms with Crippen molar-refractivity contribution in [2.75, 3.05) is 4.90 Å². The number of benzene rings is 8. The highest BCUT2D eigenvalue weighted by Gasteiger charge is 2.26. The zero-order valence-electron chi connectivity index (χ0n) is 28.4. The van der Waals surface area contributed by atoms with Crippen LogP contribution in [0.2, 0.25) is 0 Å². The lowest BCUT2D eigenvalue weighted by Gasteiger charge is -2.34. The minimum absolute atomic E-state index is 0.920. The van der Waals surface area contributed by atoms with E-state index in [1.807, 2.05) is 0 Å². The van der Waals surface area contributed by atoms with Gasteiger partial charge >= 0.3 is 0 Å². The normalized spacial score (nSPS) is 12.8. The molecule has 242 valence electrons. The van der Waals surface area contributed by atoms with Gasteiger partial charge in [0.15, 0.2) is 0 Å². The maximum atomic E-state index is 2.57. The van der Waals surface area contributed by atoms with E-state index in [9.17, 15) is 0 Å². The second-order valence-electron chi connectivity index (χ2n) is 13.1. The number of nitrogens with zero attached hydrogens (tertiary/aromatic N) is 1. The number of para-hydroxylation sites is 2. The van der Waals surface area contributed by atoms with E-state index in [2.05, 4.69) is 205 Å². The minimum Gasteiger partial charge on any atom is -0.312 e. The van der Waals surface area contributed by atoms with Gasteiger partial charge in [0, 0.05) is 22.4 Å². The maximum absolute atomic E-state index is 2.57. The topological polar surface area (TPSA) is 3.24 Å². The quantitative estimate of drug-likeness (QED) is 0.166. The number of rotatable bonds is 7. The van der Waals surface area contributed by atoms with Crippen molar-refractivity contribution >= 4 is 38.5 Å². The van der Waals surface area contributed by atoms with E-state index in [4.69, 9.17) is 0 Å². The average molecular weight is 652 g/mol. The molecule has 0 bridgehead atoms. The summed E-state index contributed by atoms with van der Waals surface area (Å²) >= 11 is 0. The van der Waals surface area contributed by atoms with Crippen LogP contribution in [-0.4, -0.2) is 0 Å². The zero-order valence-corrected chi connectivity index (χ0v) is 28.4. The molecular formula is C50H37N. The van der Waals surface area contributed by atoms with Crippen LogP contribution in [0.1, 0.15) is 18.4 Å². The molecule has 1 aliphatic rings. The van der Waals surface area contributed by atoms with Crippen LogP contribution in [0.15, 0.2) is 206 Å². The molecule has 0 aliphatic heterocycles. The van der Waals surface area contributed by atoms with E-state index in [-0.39, 0.29) is 0 Å². The molecule has 8 aromatic carbocycles. The second-order valence-corrected chi connectivity index (χ2v) is 13.1. The van der Waals surface area contributed by atoms with Crippen LogP contribution in [0.4, 0.5) is 11.4 Å². The largest absolute Gasteiger partial charge is 0.312 e. The van der Waals surface area contributed by atoms with Gasteiger partial charge in [0.05, 0.1) is 11.4 Å². The molecule has 0 atom stereocenters. The molecule has 1 nitrogen and oxygen atoms in total. The Kier molecular flexibility index (Phi) is 8.08. The van der Waals surface area contributed by atoms with Crippen LogP contribution in [0.3, 0.4) is 0 Å². The van der Waals surface area contributed by atoms with E-state index in [1.165, 1.54) is 83.1 Å². The fourth-order valence-corrected chi connectivity index (χ4v) is 7.86. The predicted octanol–water partition coefficient (Wildman–Crippen LogP) is 13.9. The van der Waals surface area contributed by atoms with Crippen molar-refractivity contribution in [2.24, 2.45) is 0 Å². The van der Waals surface area contributed by atoms with Gasteiger partial charge in [0.25, 0.3) is 0 Å². The average Bonchev–Trinajstić information content (AvgIpc) is 3.21. The molecule has 0 heterocycles. The predicted molar refractivity (Wildman–Crippen MR) is 218 cm³/mol. The fraction of sp³-hybridized carbons (Fsp3) is 0.0400. The van der Waals surface area contributed by atoms with Crippen molar-refractivity contribution in [3.63, 3.8) is 0 Å². The van der Waals surface area contributed by atoms with E-state index >= 15 is 0 Å². The second kappa shape index (κ2) is 13.5. The molecule has 51 heavy (non-hydrogen) atoms. The Morgan fingerprint density at radius 1 is 0.373 bits per heavy atom. The van der Waals surface area contributed by atoms with Crippen LogP contribution in [-0.2, 0) is 0 Å². The summed E-state index contributed by atoms with van der Waals surface area (Å²) < 4.78 is 0. The van der Waals surface area contributed by atoms with E-state index in [0.29, 0.717) is 0 Å². The van der Waals surface area contributed by atoms with Crippen molar-refractivity contribution in [2.45, 2.75) is 12.8 Å². The number of anilines is 2. The van der Waals surface area contributed by atoms with E-state index in [0.717, 1.165) is 12.8 Å². The third kappa shape index (κ3) is 5.63. The highest BCUT2D eigenvalue weighted by atomic mass is 15.2. The highest BCUT2D eigenvalue weighted by Crippen LogP contribution is 2.48. The molecule has 0 amide bonds. The first-order valence-corrected chi connectivity index (χ1v) is 17.8. The van der Waals surface area contributed by atoms with Gasteiger partial charge in [-0.3, -0.25) is 0 Å². The fourth-order valence-electron chi connectivity index (χ4n) is 7.86.